The molecule has 0 aliphatic carbocycles. The topological polar surface area (TPSA) is 67.9 Å². The summed E-state index contributed by atoms with van der Waals surface area (Å²) in [5.74, 6) is 0.536. The molecule has 0 saturated heterocycles. The van der Waals surface area contributed by atoms with Crippen LogP contribution >= 0.6 is 11.6 Å². The largest absolute Gasteiger partial charge is 0.497 e. The normalized spacial score (nSPS) is 11.3. The summed E-state index contributed by atoms with van der Waals surface area (Å²) in [5, 5.41) is 3.44. The van der Waals surface area contributed by atoms with Gasteiger partial charge in [-0.2, -0.15) is 0 Å². The van der Waals surface area contributed by atoms with E-state index in [4.69, 9.17) is 21.1 Å². The molecule has 4 aromatic carbocycles. The van der Waals surface area contributed by atoms with Crippen LogP contribution in [0.1, 0.15) is 16.7 Å². The Morgan fingerprint density at radius 1 is 0.795 bits per heavy atom. The standard InChI is InChI=1S/C32H31ClN2O4/c1-38-27-18-16-26(17-19-27)22-35(31(36)23-39-30-15-9-8-14-28(30)33)29(20-24-10-4-2-5-11-24)32(37)34-21-25-12-6-3-7-13-25/h2-19,29H,20-23H2,1H3,(H,34,37)/t29-/m1/s1. The third kappa shape index (κ3) is 8.09. The molecule has 0 aromatic heterocycles. The van der Waals surface area contributed by atoms with Crippen molar-refractivity contribution >= 4 is 23.4 Å². The molecule has 0 aliphatic rings. The SMILES string of the molecule is COc1ccc(CN(C(=O)COc2ccccc2Cl)[C@H](Cc2ccccc2)C(=O)NCc2ccccc2)cc1. The van der Waals surface area contributed by atoms with Crippen LogP contribution in [0.25, 0.3) is 0 Å². The van der Waals surface area contributed by atoms with E-state index in [1.807, 2.05) is 84.9 Å². The lowest BCUT2D eigenvalue weighted by molar-refractivity contribution is -0.142. The van der Waals surface area contributed by atoms with E-state index in [2.05, 4.69) is 5.32 Å². The predicted molar refractivity (Wildman–Crippen MR) is 153 cm³/mol. The number of rotatable bonds is 12. The average Bonchev–Trinajstić information content (AvgIpc) is 2.98. The number of carbonyl (C=O) groups is 2. The lowest BCUT2D eigenvalue weighted by Gasteiger charge is -2.31. The van der Waals surface area contributed by atoms with Crippen molar-refractivity contribution in [3.05, 3.63) is 131 Å². The van der Waals surface area contributed by atoms with E-state index in [1.165, 1.54) is 0 Å². The maximum Gasteiger partial charge on any atom is 0.261 e. The van der Waals surface area contributed by atoms with E-state index in [0.717, 1.165) is 16.7 Å². The minimum Gasteiger partial charge on any atom is -0.497 e. The zero-order valence-electron chi connectivity index (χ0n) is 21.8. The summed E-state index contributed by atoms with van der Waals surface area (Å²) in [7, 11) is 1.60. The molecule has 0 spiro atoms. The molecule has 39 heavy (non-hydrogen) atoms. The van der Waals surface area contributed by atoms with Gasteiger partial charge in [0.2, 0.25) is 5.91 Å². The number of ether oxygens (including phenoxy) is 2. The zero-order valence-corrected chi connectivity index (χ0v) is 22.5. The Kier molecular flexibility index (Phi) is 9.98. The number of amides is 2. The molecule has 2 amide bonds. The third-order valence-corrected chi connectivity index (χ3v) is 6.59. The summed E-state index contributed by atoms with van der Waals surface area (Å²) >= 11 is 6.24. The Bertz CT molecular complexity index is 1350. The van der Waals surface area contributed by atoms with Gasteiger partial charge in [-0.15, -0.1) is 0 Å². The van der Waals surface area contributed by atoms with E-state index >= 15 is 0 Å². The van der Waals surface area contributed by atoms with Crippen molar-refractivity contribution in [3.63, 3.8) is 0 Å². The summed E-state index contributed by atoms with van der Waals surface area (Å²) in [6.07, 6.45) is 0.343. The lowest BCUT2D eigenvalue weighted by Crippen LogP contribution is -2.51. The van der Waals surface area contributed by atoms with Crippen molar-refractivity contribution in [2.45, 2.75) is 25.6 Å². The Hall–Kier alpha value is -4.29. The molecule has 200 valence electrons. The Labute approximate surface area is 234 Å². The first kappa shape index (κ1) is 27.7. The number of nitrogens with zero attached hydrogens (tertiary/aromatic N) is 1. The third-order valence-electron chi connectivity index (χ3n) is 6.28. The second-order valence-electron chi connectivity index (χ2n) is 9.00. The first-order valence-corrected chi connectivity index (χ1v) is 13.1. The second-order valence-corrected chi connectivity index (χ2v) is 9.40. The molecule has 1 atom stereocenters. The van der Waals surface area contributed by atoms with Crippen LogP contribution in [-0.4, -0.2) is 36.5 Å². The fraction of sp³-hybridized carbons (Fsp3) is 0.188. The number of benzene rings is 4. The molecule has 0 heterocycles. The van der Waals surface area contributed by atoms with E-state index in [0.29, 0.717) is 29.5 Å². The van der Waals surface area contributed by atoms with Gasteiger partial charge in [0, 0.05) is 19.5 Å². The fourth-order valence-corrected chi connectivity index (χ4v) is 4.36. The molecule has 7 heteroatoms. The van der Waals surface area contributed by atoms with Gasteiger partial charge in [-0.05, 0) is 41.0 Å². The number of methoxy groups -OCH3 is 1. The molecular weight excluding hydrogens is 512 g/mol. The van der Waals surface area contributed by atoms with E-state index in [1.54, 1.807) is 36.3 Å². The zero-order chi connectivity index (χ0) is 27.5. The Balaban J connectivity index is 1.62. The molecule has 0 aliphatic heterocycles. The smallest absolute Gasteiger partial charge is 0.261 e. The van der Waals surface area contributed by atoms with Gasteiger partial charge < -0.3 is 19.7 Å². The highest BCUT2D eigenvalue weighted by Gasteiger charge is 2.30. The van der Waals surface area contributed by atoms with E-state index in [-0.39, 0.29) is 25.0 Å². The quantitative estimate of drug-likeness (QED) is 0.250. The first-order valence-electron chi connectivity index (χ1n) is 12.7. The number of hydrogen-bond donors (Lipinski definition) is 1. The summed E-state index contributed by atoms with van der Waals surface area (Å²) < 4.78 is 11.1. The molecule has 0 unspecified atom stereocenters. The number of para-hydroxylation sites is 1. The highest BCUT2D eigenvalue weighted by Crippen LogP contribution is 2.24. The molecule has 0 bridgehead atoms. The van der Waals surface area contributed by atoms with Gasteiger partial charge in [0.05, 0.1) is 12.1 Å². The molecule has 1 N–H and O–H groups in total. The average molecular weight is 543 g/mol. The second kappa shape index (κ2) is 14.0. The predicted octanol–water partition coefficient (Wildman–Crippen LogP) is 5.68. The van der Waals surface area contributed by atoms with Crippen molar-refractivity contribution in [1.82, 2.24) is 10.2 Å². The lowest BCUT2D eigenvalue weighted by atomic mass is 10.0. The molecule has 4 rings (SSSR count). The summed E-state index contributed by atoms with van der Waals surface area (Å²) in [4.78, 5) is 29.0. The minimum atomic E-state index is -0.777. The van der Waals surface area contributed by atoms with Crippen LogP contribution in [0.2, 0.25) is 5.02 Å². The van der Waals surface area contributed by atoms with Crippen molar-refractivity contribution < 1.29 is 19.1 Å². The Morgan fingerprint density at radius 3 is 2.05 bits per heavy atom. The number of nitrogens with one attached hydrogen (secondary N) is 1. The highest BCUT2D eigenvalue weighted by molar-refractivity contribution is 6.32. The van der Waals surface area contributed by atoms with Crippen LogP contribution in [0.3, 0.4) is 0 Å². The van der Waals surface area contributed by atoms with Gasteiger partial charge >= 0.3 is 0 Å². The van der Waals surface area contributed by atoms with Crippen molar-refractivity contribution in [2.24, 2.45) is 0 Å². The first-order chi connectivity index (χ1) is 19.0. The van der Waals surface area contributed by atoms with Crippen LogP contribution in [0.15, 0.2) is 109 Å². The summed E-state index contributed by atoms with van der Waals surface area (Å²) in [5.41, 5.74) is 2.77. The van der Waals surface area contributed by atoms with Crippen LogP contribution in [0, 0.1) is 0 Å². The maximum absolute atomic E-state index is 13.7. The van der Waals surface area contributed by atoms with Crippen LogP contribution in [0.4, 0.5) is 0 Å². The van der Waals surface area contributed by atoms with Gasteiger partial charge in [-0.25, -0.2) is 0 Å². The monoisotopic (exact) mass is 542 g/mol. The van der Waals surface area contributed by atoms with Crippen LogP contribution in [-0.2, 0) is 29.1 Å². The molecular formula is C32H31ClN2O4. The minimum absolute atomic E-state index is 0.213. The molecule has 0 saturated carbocycles. The maximum atomic E-state index is 13.7. The molecule has 4 aromatic rings. The van der Waals surface area contributed by atoms with Gasteiger partial charge in [-0.3, -0.25) is 9.59 Å². The molecule has 6 nitrogen and oxygen atoms in total. The molecule has 0 fully saturated rings. The summed E-state index contributed by atoms with van der Waals surface area (Å²) in [6.45, 7) is 0.299. The van der Waals surface area contributed by atoms with Gasteiger partial charge in [0.15, 0.2) is 6.61 Å². The van der Waals surface area contributed by atoms with Crippen LogP contribution in [0.5, 0.6) is 11.5 Å². The van der Waals surface area contributed by atoms with Crippen molar-refractivity contribution in [2.75, 3.05) is 13.7 Å². The van der Waals surface area contributed by atoms with Crippen molar-refractivity contribution in [3.8, 4) is 11.5 Å². The molecule has 0 radical (unpaired) electrons. The van der Waals surface area contributed by atoms with Gasteiger partial charge in [0.25, 0.3) is 5.91 Å². The number of carbonyl (C=O) groups excluding carboxylic acids is 2. The van der Waals surface area contributed by atoms with Gasteiger partial charge in [-0.1, -0.05) is 96.5 Å². The van der Waals surface area contributed by atoms with Crippen LogP contribution < -0.4 is 14.8 Å². The van der Waals surface area contributed by atoms with Gasteiger partial charge in [0.1, 0.15) is 17.5 Å². The summed E-state index contributed by atoms with van der Waals surface area (Å²) in [6, 6.07) is 33.0. The number of halogens is 1. The van der Waals surface area contributed by atoms with E-state index in [9.17, 15) is 9.59 Å². The highest BCUT2D eigenvalue weighted by atomic mass is 35.5. The number of hydrogen-bond acceptors (Lipinski definition) is 4. The van der Waals surface area contributed by atoms with E-state index < -0.39 is 6.04 Å². The fourth-order valence-electron chi connectivity index (χ4n) is 4.17. The Morgan fingerprint density at radius 2 is 1.41 bits per heavy atom. The van der Waals surface area contributed by atoms with Crippen molar-refractivity contribution in [1.29, 1.82) is 0 Å².